The molecule has 2 aliphatic heterocycles. The first-order valence-corrected chi connectivity index (χ1v) is 8.46. The van der Waals surface area contributed by atoms with Crippen molar-refractivity contribution in [2.24, 2.45) is 0 Å². The number of hydrogen-bond donors (Lipinski definition) is 2. The third-order valence-corrected chi connectivity index (χ3v) is 5.02. The van der Waals surface area contributed by atoms with Crippen molar-refractivity contribution < 1.29 is 9.53 Å². The van der Waals surface area contributed by atoms with E-state index in [0.29, 0.717) is 0 Å². The number of hydrogen-bond acceptors (Lipinski definition) is 5. The van der Waals surface area contributed by atoms with E-state index in [-0.39, 0.29) is 11.9 Å². The first-order chi connectivity index (χ1) is 11.2. The van der Waals surface area contributed by atoms with E-state index in [0.717, 1.165) is 57.7 Å². The molecule has 2 fully saturated rings. The SMILES string of the molecule is COC1(C(=O)NC2CCN(c3ccccn3)CC2)CCNCC1. The molecule has 1 aromatic heterocycles. The maximum absolute atomic E-state index is 12.7. The molecule has 1 aromatic rings. The molecule has 2 saturated heterocycles. The van der Waals surface area contributed by atoms with E-state index in [1.54, 1.807) is 7.11 Å². The summed E-state index contributed by atoms with van der Waals surface area (Å²) in [4.78, 5) is 19.4. The summed E-state index contributed by atoms with van der Waals surface area (Å²) in [6.45, 7) is 3.51. The normalized spacial score (nSPS) is 21.9. The van der Waals surface area contributed by atoms with Crippen LogP contribution in [0.5, 0.6) is 0 Å². The Hall–Kier alpha value is -1.66. The van der Waals surface area contributed by atoms with Crippen LogP contribution in [0.2, 0.25) is 0 Å². The summed E-state index contributed by atoms with van der Waals surface area (Å²) in [7, 11) is 1.65. The first kappa shape index (κ1) is 16.2. The van der Waals surface area contributed by atoms with Crippen molar-refractivity contribution in [1.29, 1.82) is 0 Å². The third-order valence-electron chi connectivity index (χ3n) is 5.02. The predicted octanol–water partition coefficient (Wildman–Crippen LogP) is 0.935. The van der Waals surface area contributed by atoms with Gasteiger partial charge in [-0.05, 0) is 50.9 Å². The lowest BCUT2D eigenvalue weighted by Gasteiger charge is -2.38. The van der Waals surface area contributed by atoms with Gasteiger partial charge in [0.05, 0.1) is 0 Å². The summed E-state index contributed by atoms with van der Waals surface area (Å²) in [6.07, 6.45) is 5.19. The molecule has 23 heavy (non-hydrogen) atoms. The maximum Gasteiger partial charge on any atom is 0.252 e. The fourth-order valence-electron chi connectivity index (χ4n) is 3.47. The number of nitrogens with one attached hydrogen (secondary N) is 2. The molecular formula is C17H26N4O2. The molecule has 0 saturated carbocycles. The number of ether oxygens (including phenoxy) is 1. The van der Waals surface area contributed by atoms with E-state index >= 15 is 0 Å². The Balaban J connectivity index is 1.53. The Morgan fingerprint density at radius 1 is 1.35 bits per heavy atom. The Labute approximate surface area is 137 Å². The molecule has 0 unspecified atom stereocenters. The molecule has 6 heteroatoms. The topological polar surface area (TPSA) is 66.5 Å². The van der Waals surface area contributed by atoms with Crippen molar-refractivity contribution in [2.45, 2.75) is 37.3 Å². The van der Waals surface area contributed by atoms with Gasteiger partial charge in [0, 0.05) is 32.4 Å². The Kier molecular flexibility index (Phi) is 5.13. The van der Waals surface area contributed by atoms with Gasteiger partial charge in [0.1, 0.15) is 11.4 Å². The zero-order valence-electron chi connectivity index (χ0n) is 13.8. The largest absolute Gasteiger partial charge is 0.368 e. The van der Waals surface area contributed by atoms with Crippen LogP contribution in [0.4, 0.5) is 5.82 Å². The van der Waals surface area contributed by atoms with E-state index in [2.05, 4.69) is 20.5 Å². The van der Waals surface area contributed by atoms with Gasteiger partial charge in [-0.3, -0.25) is 4.79 Å². The second-order valence-electron chi connectivity index (χ2n) is 6.37. The van der Waals surface area contributed by atoms with Crippen LogP contribution in [0.1, 0.15) is 25.7 Å². The number of carbonyl (C=O) groups excluding carboxylic acids is 1. The van der Waals surface area contributed by atoms with E-state index in [1.165, 1.54) is 0 Å². The van der Waals surface area contributed by atoms with E-state index in [4.69, 9.17) is 4.74 Å². The standard InChI is InChI=1S/C17H26N4O2/c1-23-17(7-10-18-11-8-17)16(22)20-14-5-12-21(13-6-14)15-4-2-3-9-19-15/h2-4,9,14,18H,5-8,10-13H2,1H3,(H,20,22). The van der Waals surface area contributed by atoms with Gasteiger partial charge in [0.15, 0.2) is 0 Å². The highest BCUT2D eigenvalue weighted by molar-refractivity contribution is 5.85. The molecule has 2 N–H and O–H groups in total. The number of anilines is 1. The molecule has 0 spiro atoms. The van der Waals surface area contributed by atoms with E-state index in [1.807, 2.05) is 24.4 Å². The number of pyridine rings is 1. The minimum Gasteiger partial charge on any atom is -0.368 e. The lowest BCUT2D eigenvalue weighted by Crippen LogP contribution is -2.57. The molecule has 3 heterocycles. The Morgan fingerprint density at radius 2 is 2.09 bits per heavy atom. The Morgan fingerprint density at radius 3 is 2.70 bits per heavy atom. The van der Waals surface area contributed by atoms with Crippen LogP contribution >= 0.6 is 0 Å². The second-order valence-corrected chi connectivity index (χ2v) is 6.37. The van der Waals surface area contributed by atoms with Gasteiger partial charge >= 0.3 is 0 Å². The number of methoxy groups -OCH3 is 1. The zero-order chi connectivity index (χ0) is 16.1. The average Bonchev–Trinajstić information content (AvgIpc) is 2.63. The summed E-state index contributed by atoms with van der Waals surface area (Å²) in [5.41, 5.74) is -0.649. The predicted molar refractivity (Wildman–Crippen MR) is 89.5 cm³/mol. The van der Waals surface area contributed by atoms with Gasteiger partial charge in [-0.25, -0.2) is 4.98 Å². The van der Waals surface area contributed by atoms with Crippen LogP contribution in [-0.4, -0.2) is 55.8 Å². The van der Waals surface area contributed by atoms with Gasteiger partial charge in [-0.15, -0.1) is 0 Å². The van der Waals surface area contributed by atoms with Crippen LogP contribution in [0.25, 0.3) is 0 Å². The fraction of sp³-hybridized carbons (Fsp3) is 0.647. The van der Waals surface area contributed by atoms with Crippen LogP contribution in [0.15, 0.2) is 24.4 Å². The maximum atomic E-state index is 12.7. The molecule has 0 radical (unpaired) electrons. The van der Waals surface area contributed by atoms with Gasteiger partial charge in [0.25, 0.3) is 5.91 Å². The minimum absolute atomic E-state index is 0.0535. The highest BCUT2D eigenvalue weighted by Crippen LogP contribution is 2.24. The number of amides is 1. The van der Waals surface area contributed by atoms with Crippen molar-refractivity contribution >= 4 is 11.7 Å². The number of nitrogens with zero attached hydrogens (tertiary/aromatic N) is 2. The van der Waals surface area contributed by atoms with Crippen molar-refractivity contribution in [2.75, 3.05) is 38.2 Å². The van der Waals surface area contributed by atoms with E-state index in [9.17, 15) is 4.79 Å². The van der Waals surface area contributed by atoms with E-state index < -0.39 is 5.60 Å². The lowest BCUT2D eigenvalue weighted by molar-refractivity contribution is -0.147. The lowest BCUT2D eigenvalue weighted by atomic mass is 9.90. The summed E-state index contributed by atoms with van der Waals surface area (Å²) < 4.78 is 5.60. The van der Waals surface area contributed by atoms with Crippen molar-refractivity contribution in [3.63, 3.8) is 0 Å². The van der Waals surface area contributed by atoms with Crippen molar-refractivity contribution in [1.82, 2.24) is 15.6 Å². The number of aromatic nitrogens is 1. The summed E-state index contributed by atoms with van der Waals surface area (Å²) in [5.74, 6) is 1.07. The molecule has 0 atom stereocenters. The van der Waals surface area contributed by atoms with Gasteiger partial charge in [-0.1, -0.05) is 6.07 Å². The zero-order valence-corrected chi connectivity index (χ0v) is 13.8. The van der Waals surface area contributed by atoms with Crippen molar-refractivity contribution in [3.8, 4) is 0 Å². The van der Waals surface area contributed by atoms with Gasteiger partial charge < -0.3 is 20.3 Å². The van der Waals surface area contributed by atoms with Crippen LogP contribution in [0, 0.1) is 0 Å². The van der Waals surface area contributed by atoms with Crippen molar-refractivity contribution in [3.05, 3.63) is 24.4 Å². The number of piperidine rings is 2. The smallest absolute Gasteiger partial charge is 0.252 e. The molecular weight excluding hydrogens is 292 g/mol. The summed E-state index contributed by atoms with van der Waals surface area (Å²) in [5, 5.41) is 6.50. The average molecular weight is 318 g/mol. The highest BCUT2D eigenvalue weighted by atomic mass is 16.5. The first-order valence-electron chi connectivity index (χ1n) is 8.46. The molecule has 0 aliphatic carbocycles. The quantitative estimate of drug-likeness (QED) is 0.865. The van der Waals surface area contributed by atoms with Gasteiger partial charge in [0.2, 0.25) is 0 Å². The number of rotatable bonds is 4. The molecule has 0 aromatic carbocycles. The molecule has 0 bridgehead atoms. The summed E-state index contributed by atoms with van der Waals surface area (Å²) in [6, 6.07) is 6.20. The third kappa shape index (κ3) is 3.64. The van der Waals surface area contributed by atoms with Gasteiger partial charge in [-0.2, -0.15) is 0 Å². The van der Waals surface area contributed by atoms with Crippen LogP contribution in [0.3, 0.4) is 0 Å². The molecule has 6 nitrogen and oxygen atoms in total. The second kappa shape index (κ2) is 7.27. The highest BCUT2D eigenvalue weighted by Gasteiger charge is 2.40. The molecule has 2 aliphatic rings. The Bertz CT molecular complexity index is 509. The molecule has 3 rings (SSSR count). The molecule has 126 valence electrons. The monoisotopic (exact) mass is 318 g/mol. The number of carbonyl (C=O) groups is 1. The summed E-state index contributed by atoms with van der Waals surface area (Å²) >= 11 is 0. The minimum atomic E-state index is -0.649. The van der Waals surface area contributed by atoms with Crippen LogP contribution < -0.4 is 15.5 Å². The van der Waals surface area contributed by atoms with Crippen LogP contribution in [-0.2, 0) is 9.53 Å². The fourth-order valence-corrected chi connectivity index (χ4v) is 3.47. The molecule has 1 amide bonds.